The van der Waals surface area contributed by atoms with E-state index in [1.54, 1.807) is 0 Å². The molecule has 0 atom stereocenters. The molecule has 7 heteroatoms. The number of nitrogens with one attached hydrogen (secondary N) is 1. The molecule has 0 bridgehead atoms. The summed E-state index contributed by atoms with van der Waals surface area (Å²) in [7, 11) is -2.52. The lowest BCUT2D eigenvalue weighted by Gasteiger charge is -2.11. The Hall–Kier alpha value is -2.90. The van der Waals surface area contributed by atoms with Crippen LogP contribution in [0.4, 0.5) is 0 Å². The van der Waals surface area contributed by atoms with Crippen LogP contribution in [0.1, 0.15) is 10.4 Å². The smallest absolute Gasteiger partial charge is 0.337 e. The summed E-state index contributed by atoms with van der Waals surface area (Å²) in [5, 5.41) is 2.02. The molecular formula is C20H19NO5S. The van der Waals surface area contributed by atoms with Crippen molar-refractivity contribution in [2.45, 2.75) is 4.90 Å². The molecule has 0 heterocycles. The molecule has 0 aliphatic heterocycles. The van der Waals surface area contributed by atoms with Gasteiger partial charge < -0.3 is 9.47 Å². The van der Waals surface area contributed by atoms with Crippen LogP contribution in [0.5, 0.6) is 5.75 Å². The zero-order chi connectivity index (χ0) is 19.3. The number of benzene rings is 3. The van der Waals surface area contributed by atoms with Crippen LogP contribution in [-0.4, -0.2) is 34.6 Å². The van der Waals surface area contributed by atoms with Gasteiger partial charge in [0.25, 0.3) is 0 Å². The van der Waals surface area contributed by atoms with Crippen molar-refractivity contribution in [3.05, 3.63) is 72.3 Å². The first-order valence-electron chi connectivity index (χ1n) is 8.30. The van der Waals surface area contributed by atoms with E-state index in [0.717, 1.165) is 10.8 Å². The molecule has 3 aromatic carbocycles. The molecular weight excluding hydrogens is 366 g/mol. The summed E-state index contributed by atoms with van der Waals surface area (Å²) in [6.45, 7) is 0.262. The molecule has 0 saturated carbocycles. The van der Waals surface area contributed by atoms with E-state index in [4.69, 9.17) is 4.74 Å². The van der Waals surface area contributed by atoms with Gasteiger partial charge in [0.15, 0.2) is 0 Å². The van der Waals surface area contributed by atoms with E-state index < -0.39 is 16.0 Å². The van der Waals surface area contributed by atoms with Gasteiger partial charge in [0.05, 0.1) is 17.6 Å². The minimum absolute atomic E-state index is 0.00411. The first-order valence-corrected chi connectivity index (χ1v) is 9.78. The van der Waals surface area contributed by atoms with E-state index in [1.807, 2.05) is 42.5 Å². The average Bonchev–Trinajstić information content (AvgIpc) is 2.70. The molecule has 0 amide bonds. The van der Waals surface area contributed by atoms with Crippen LogP contribution in [0, 0.1) is 0 Å². The van der Waals surface area contributed by atoms with Crippen LogP contribution < -0.4 is 9.46 Å². The predicted octanol–water partition coefficient (Wildman–Crippen LogP) is 2.98. The molecule has 27 heavy (non-hydrogen) atoms. The summed E-state index contributed by atoms with van der Waals surface area (Å²) in [4.78, 5) is 11.6. The predicted molar refractivity (Wildman–Crippen MR) is 102 cm³/mol. The number of esters is 1. The molecule has 3 aromatic rings. The molecule has 0 radical (unpaired) electrons. The quantitative estimate of drug-likeness (QED) is 0.499. The van der Waals surface area contributed by atoms with Crippen molar-refractivity contribution in [1.29, 1.82) is 0 Å². The maximum absolute atomic E-state index is 12.4. The molecule has 0 aliphatic rings. The minimum atomic E-state index is -3.76. The Kier molecular flexibility index (Phi) is 5.73. The average molecular weight is 385 g/mol. The lowest BCUT2D eigenvalue weighted by atomic mass is 10.1. The lowest BCUT2D eigenvalue weighted by Crippen LogP contribution is -2.28. The topological polar surface area (TPSA) is 81.7 Å². The van der Waals surface area contributed by atoms with Gasteiger partial charge in [-0.15, -0.1) is 0 Å². The summed E-state index contributed by atoms with van der Waals surface area (Å²) >= 11 is 0. The molecule has 0 fully saturated rings. The van der Waals surface area contributed by atoms with Gasteiger partial charge in [0, 0.05) is 11.9 Å². The number of carbonyl (C=O) groups is 1. The van der Waals surface area contributed by atoms with Crippen LogP contribution in [-0.2, 0) is 14.8 Å². The Bertz CT molecular complexity index is 1060. The number of rotatable bonds is 7. The van der Waals surface area contributed by atoms with Crippen LogP contribution in [0.2, 0.25) is 0 Å². The molecule has 6 nitrogen and oxygen atoms in total. The monoisotopic (exact) mass is 385 g/mol. The van der Waals surface area contributed by atoms with E-state index in [9.17, 15) is 13.2 Å². The van der Waals surface area contributed by atoms with Crippen LogP contribution >= 0.6 is 0 Å². The highest BCUT2D eigenvalue weighted by atomic mass is 32.2. The molecule has 140 valence electrons. The molecule has 0 saturated heterocycles. The zero-order valence-electron chi connectivity index (χ0n) is 14.7. The fourth-order valence-corrected chi connectivity index (χ4v) is 3.71. The van der Waals surface area contributed by atoms with Gasteiger partial charge in [-0.25, -0.2) is 17.9 Å². The summed E-state index contributed by atoms with van der Waals surface area (Å²) in [6.07, 6.45) is 0. The van der Waals surface area contributed by atoms with Crippen molar-refractivity contribution in [2.24, 2.45) is 0 Å². The number of hydrogen-bond acceptors (Lipinski definition) is 5. The Morgan fingerprint density at radius 1 is 1.00 bits per heavy atom. The number of ether oxygens (including phenoxy) is 2. The standard InChI is InChI=1S/C20H19NO5S/c1-25-20(22)16-8-4-9-17(14-16)27(23,24)21-12-13-26-19-11-5-7-15-6-2-3-10-18(15)19/h2-11,14,21H,12-13H2,1H3. The Labute approximate surface area is 157 Å². The molecule has 3 rings (SSSR count). The van der Waals surface area contributed by atoms with Crippen molar-refractivity contribution >= 4 is 26.8 Å². The van der Waals surface area contributed by atoms with Crippen LogP contribution in [0.3, 0.4) is 0 Å². The van der Waals surface area contributed by atoms with Crippen molar-refractivity contribution in [1.82, 2.24) is 4.72 Å². The van der Waals surface area contributed by atoms with Gasteiger partial charge >= 0.3 is 5.97 Å². The molecule has 1 N–H and O–H groups in total. The summed E-state index contributed by atoms with van der Waals surface area (Å²) in [5.74, 6) is 0.103. The summed E-state index contributed by atoms with van der Waals surface area (Å²) < 4.78 is 37.6. The van der Waals surface area contributed by atoms with Gasteiger partial charge in [-0.2, -0.15) is 0 Å². The number of fused-ring (bicyclic) bond motifs is 1. The fourth-order valence-electron chi connectivity index (χ4n) is 2.65. The zero-order valence-corrected chi connectivity index (χ0v) is 15.5. The van der Waals surface area contributed by atoms with Crippen LogP contribution in [0.25, 0.3) is 10.8 Å². The fraction of sp³-hybridized carbons (Fsp3) is 0.150. The Morgan fingerprint density at radius 3 is 2.56 bits per heavy atom. The van der Waals surface area contributed by atoms with E-state index in [-0.39, 0.29) is 23.6 Å². The number of methoxy groups -OCH3 is 1. The van der Waals surface area contributed by atoms with Gasteiger partial charge in [0.1, 0.15) is 12.4 Å². The minimum Gasteiger partial charge on any atom is -0.492 e. The van der Waals surface area contributed by atoms with E-state index in [0.29, 0.717) is 5.75 Å². The van der Waals surface area contributed by atoms with E-state index >= 15 is 0 Å². The van der Waals surface area contributed by atoms with E-state index in [2.05, 4.69) is 9.46 Å². The third-order valence-electron chi connectivity index (χ3n) is 3.97. The summed E-state index contributed by atoms with van der Waals surface area (Å²) in [5.41, 5.74) is 0.174. The van der Waals surface area contributed by atoms with Gasteiger partial charge in [-0.1, -0.05) is 42.5 Å². The second-order valence-electron chi connectivity index (χ2n) is 5.74. The second kappa shape index (κ2) is 8.20. The van der Waals surface area contributed by atoms with Crippen molar-refractivity contribution < 1.29 is 22.7 Å². The van der Waals surface area contributed by atoms with Crippen molar-refractivity contribution in [3.8, 4) is 5.75 Å². The largest absolute Gasteiger partial charge is 0.492 e. The molecule has 0 aromatic heterocycles. The first-order chi connectivity index (χ1) is 13.0. The van der Waals surface area contributed by atoms with Crippen molar-refractivity contribution in [2.75, 3.05) is 20.3 Å². The first kappa shape index (κ1) is 18.9. The molecule has 0 aliphatic carbocycles. The maximum atomic E-state index is 12.4. The maximum Gasteiger partial charge on any atom is 0.337 e. The van der Waals surface area contributed by atoms with Crippen LogP contribution in [0.15, 0.2) is 71.6 Å². The second-order valence-corrected chi connectivity index (χ2v) is 7.51. The highest BCUT2D eigenvalue weighted by Gasteiger charge is 2.16. The highest BCUT2D eigenvalue weighted by molar-refractivity contribution is 7.89. The Balaban J connectivity index is 1.63. The third-order valence-corrected chi connectivity index (χ3v) is 5.43. The van der Waals surface area contributed by atoms with Gasteiger partial charge in [0.2, 0.25) is 10.0 Å². The van der Waals surface area contributed by atoms with Gasteiger partial charge in [-0.05, 0) is 29.7 Å². The normalized spacial score (nSPS) is 11.3. The number of hydrogen-bond donors (Lipinski definition) is 1. The van der Waals surface area contributed by atoms with Gasteiger partial charge in [-0.3, -0.25) is 0 Å². The molecule has 0 spiro atoms. The highest BCUT2D eigenvalue weighted by Crippen LogP contribution is 2.24. The number of carbonyl (C=O) groups excluding carboxylic acids is 1. The number of sulfonamides is 1. The van der Waals surface area contributed by atoms with Crippen molar-refractivity contribution in [3.63, 3.8) is 0 Å². The van der Waals surface area contributed by atoms with E-state index in [1.165, 1.54) is 31.4 Å². The summed E-state index contributed by atoms with van der Waals surface area (Å²) in [6, 6.07) is 19.2. The lowest BCUT2D eigenvalue weighted by molar-refractivity contribution is 0.0600. The Morgan fingerprint density at radius 2 is 1.74 bits per heavy atom. The molecule has 0 unspecified atom stereocenters. The third kappa shape index (κ3) is 4.45. The SMILES string of the molecule is COC(=O)c1cccc(S(=O)(=O)NCCOc2cccc3ccccc23)c1.